The maximum Gasteiger partial charge on any atom is 0.305 e. The molecule has 2 unspecified atom stereocenters. The minimum Gasteiger partial charge on any atom is -0.466 e. The van der Waals surface area contributed by atoms with Gasteiger partial charge in [0, 0.05) is 12.8 Å². The van der Waals surface area contributed by atoms with Gasteiger partial charge in [-0.05, 0) is 32.1 Å². The molecule has 0 heterocycles. The highest BCUT2D eigenvalue weighted by Crippen LogP contribution is 2.20. The van der Waals surface area contributed by atoms with Gasteiger partial charge < -0.3 is 20.3 Å². The number of aliphatic hydroxyl groups excluding tert-OH is 2. The van der Waals surface area contributed by atoms with Gasteiger partial charge in [0.1, 0.15) is 0 Å². The number of unbranched alkanes of at least 4 members (excludes halogenated alkanes) is 62. The Balaban J connectivity index is 3.33. The Labute approximate surface area is 520 Å². The SMILES string of the molecule is CCCCCCCCCCCCCCCCCC/C=C/C(O)C(CO)NC(=O)CCCCCCCCCCCCCCCCCCCCCCCCCCCCCCCOC(=O)CCCCCCCCCCCCCCCCCCCCC. The van der Waals surface area contributed by atoms with Crippen molar-refractivity contribution in [1.82, 2.24) is 5.32 Å². The summed E-state index contributed by atoms with van der Waals surface area (Å²) in [6.07, 6.45) is 91.8. The fraction of sp³-hybridized carbons (Fsp3) is 0.948. The van der Waals surface area contributed by atoms with Crippen molar-refractivity contribution in [2.45, 2.75) is 456 Å². The van der Waals surface area contributed by atoms with Crippen LogP contribution in [0.5, 0.6) is 0 Å². The van der Waals surface area contributed by atoms with Crippen LogP contribution in [0.1, 0.15) is 444 Å². The number of hydrogen-bond donors (Lipinski definition) is 3. The summed E-state index contributed by atoms with van der Waals surface area (Å²) in [7, 11) is 0. The lowest BCUT2D eigenvalue weighted by Crippen LogP contribution is -2.45. The molecule has 0 rings (SSSR count). The summed E-state index contributed by atoms with van der Waals surface area (Å²) < 4.78 is 5.52. The summed E-state index contributed by atoms with van der Waals surface area (Å²) in [4.78, 5) is 24.6. The van der Waals surface area contributed by atoms with Crippen LogP contribution in [0.4, 0.5) is 0 Å². The lowest BCUT2D eigenvalue weighted by molar-refractivity contribution is -0.143. The summed E-state index contributed by atoms with van der Waals surface area (Å²) in [5, 5.41) is 23.2. The Bertz CT molecular complexity index is 1260. The molecule has 83 heavy (non-hydrogen) atoms. The van der Waals surface area contributed by atoms with E-state index in [0.29, 0.717) is 19.4 Å². The molecule has 2 atom stereocenters. The normalized spacial score (nSPS) is 12.5. The van der Waals surface area contributed by atoms with Crippen molar-refractivity contribution in [1.29, 1.82) is 0 Å². The molecule has 6 nitrogen and oxygen atoms in total. The van der Waals surface area contributed by atoms with Crippen LogP contribution >= 0.6 is 0 Å². The third-order valence-electron chi connectivity index (χ3n) is 18.3. The van der Waals surface area contributed by atoms with Crippen LogP contribution in [0.25, 0.3) is 0 Å². The quantitative estimate of drug-likeness (QED) is 0.0320. The Morgan fingerprint density at radius 2 is 0.554 bits per heavy atom. The average Bonchev–Trinajstić information content (AvgIpc) is 3.49. The summed E-state index contributed by atoms with van der Waals surface area (Å²) >= 11 is 0. The molecule has 494 valence electrons. The Morgan fingerprint density at radius 3 is 0.819 bits per heavy atom. The van der Waals surface area contributed by atoms with E-state index in [1.54, 1.807) is 6.08 Å². The van der Waals surface area contributed by atoms with E-state index < -0.39 is 12.1 Å². The molecule has 0 aromatic carbocycles. The number of aliphatic hydroxyl groups is 2. The topological polar surface area (TPSA) is 95.9 Å². The highest BCUT2D eigenvalue weighted by atomic mass is 16.5. The largest absolute Gasteiger partial charge is 0.466 e. The zero-order chi connectivity index (χ0) is 59.9. The summed E-state index contributed by atoms with van der Waals surface area (Å²) in [6.45, 7) is 4.96. The van der Waals surface area contributed by atoms with Crippen LogP contribution in [0, 0.1) is 0 Å². The molecule has 0 aliphatic carbocycles. The first-order valence-electron chi connectivity index (χ1n) is 38.5. The van der Waals surface area contributed by atoms with Gasteiger partial charge in [0.05, 0.1) is 25.4 Å². The molecule has 0 spiro atoms. The fourth-order valence-electron chi connectivity index (χ4n) is 12.5. The van der Waals surface area contributed by atoms with Crippen LogP contribution in [0.3, 0.4) is 0 Å². The van der Waals surface area contributed by atoms with E-state index in [4.69, 9.17) is 4.74 Å². The lowest BCUT2D eigenvalue weighted by atomic mass is 10.0. The first-order valence-corrected chi connectivity index (χ1v) is 38.5. The molecule has 1 amide bonds. The van der Waals surface area contributed by atoms with Crippen LogP contribution in [0.2, 0.25) is 0 Å². The number of rotatable bonds is 73. The van der Waals surface area contributed by atoms with Gasteiger partial charge in [-0.3, -0.25) is 9.59 Å². The molecule has 0 bridgehead atoms. The van der Waals surface area contributed by atoms with Gasteiger partial charge in [0.2, 0.25) is 5.91 Å². The van der Waals surface area contributed by atoms with E-state index >= 15 is 0 Å². The number of hydrogen-bond acceptors (Lipinski definition) is 5. The Hall–Kier alpha value is -1.40. The lowest BCUT2D eigenvalue weighted by Gasteiger charge is -2.20. The van der Waals surface area contributed by atoms with E-state index in [2.05, 4.69) is 19.2 Å². The third kappa shape index (κ3) is 69.6. The number of carbonyl (C=O) groups is 2. The molecule has 0 saturated heterocycles. The minimum atomic E-state index is -0.842. The molecule has 0 saturated carbocycles. The molecule has 0 radical (unpaired) electrons. The van der Waals surface area contributed by atoms with Crippen molar-refractivity contribution in [3.63, 3.8) is 0 Å². The summed E-state index contributed by atoms with van der Waals surface area (Å²) in [6, 6.07) is -0.625. The van der Waals surface area contributed by atoms with Crippen molar-refractivity contribution >= 4 is 11.9 Å². The van der Waals surface area contributed by atoms with Crippen molar-refractivity contribution in [2.75, 3.05) is 13.2 Å². The highest BCUT2D eigenvalue weighted by Gasteiger charge is 2.18. The number of nitrogens with one attached hydrogen (secondary N) is 1. The van der Waals surface area contributed by atoms with E-state index in [1.807, 2.05) is 6.08 Å². The summed E-state index contributed by atoms with van der Waals surface area (Å²) in [5.74, 6) is -0.0349. The predicted octanol–water partition coefficient (Wildman–Crippen LogP) is 25.1. The fourth-order valence-corrected chi connectivity index (χ4v) is 12.5. The maximum atomic E-state index is 12.5. The third-order valence-corrected chi connectivity index (χ3v) is 18.3. The molecule has 0 aromatic rings. The van der Waals surface area contributed by atoms with Gasteiger partial charge in [-0.2, -0.15) is 0 Å². The summed E-state index contributed by atoms with van der Waals surface area (Å²) in [5.41, 5.74) is 0. The number of ether oxygens (including phenoxy) is 1. The second-order valence-electron chi connectivity index (χ2n) is 26.7. The molecule has 0 aliphatic rings. The maximum absolute atomic E-state index is 12.5. The smallest absolute Gasteiger partial charge is 0.305 e. The second-order valence-corrected chi connectivity index (χ2v) is 26.7. The molecule has 6 heteroatoms. The van der Waals surface area contributed by atoms with Crippen molar-refractivity contribution in [3.8, 4) is 0 Å². The van der Waals surface area contributed by atoms with Gasteiger partial charge in [-0.15, -0.1) is 0 Å². The molecular formula is C77H151NO5. The predicted molar refractivity (Wildman–Crippen MR) is 366 cm³/mol. The molecular weight excluding hydrogens is 1020 g/mol. The first-order chi connectivity index (χ1) is 41.0. The standard InChI is InChI=1S/C77H151NO5/c1-3-5-7-9-11-13-15-17-19-21-34-39-43-47-51-55-59-63-67-71-77(82)83-72-68-64-60-56-52-48-44-40-36-33-31-29-27-25-23-24-26-28-30-32-35-38-42-46-50-54-58-62-66-70-76(81)78-74(73-79)75(80)69-65-61-57-53-49-45-41-37-22-20-18-16-14-12-10-8-6-4-2/h65,69,74-75,79-80H,3-64,66-68,70-73H2,1-2H3,(H,78,81)/b69-65+. The zero-order valence-corrected chi connectivity index (χ0v) is 56.7. The van der Waals surface area contributed by atoms with Crippen molar-refractivity contribution in [3.05, 3.63) is 12.2 Å². The van der Waals surface area contributed by atoms with E-state index in [-0.39, 0.29) is 18.5 Å². The molecule has 0 aliphatic heterocycles. The highest BCUT2D eigenvalue weighted by molar-refractivity contribution is 5.76. The van der Waals surface area contributed by atoms with Gasteiger partial charge >= 0.3 is 5.97 Å². The van der Waals surface area contributed by atoms with E-state index in [1.165, 1.54) is 379 Å². The molecule has 0 aromatic heterocycles. The van der Waals surface area contributed by atoms with E-state index in [9.17, 15) is 19.8 Å². The van der Waals surface area contributed by atoms with Gasteiger partial charge in [-0.25, -0.2) is 0 Å². The number of carbonyl (C=O) groups excluding carboxylic acids is 2. The number of esters is 1. The Kier molecular flexibility index (Phi) is 71.8. The number of allylic oxidation sites excluding steroid dienone is 1. The molecule has 0 fully saturated rings. The average molecular weight is 1170 g/mol. The van der Waals surface area contributed by atoms with Crippen LogP contribution in [-0.2, 0) is 14.3 Å². The van der Waals surface area contributed by atoms with Crippen LogP contribution < -0.4 is 5.32 Å². The zero-order valence-electron chi connectivity index (χ0n) is 56.7. The first kappa shape index (κ1) is 81.6. The monoisotopic (exact) mass is 1170 g/mol. The van der Waals surface area contributed by atoms with Gasteiger partial charge in [0.25, 0.3) is 0 Å². The number of amides is 1. The van der Waals surface area contributed by atoms with Crippen LogP contribution in [0.15, 0.2) is 12.2 Å². The van der Waals surface area contributed by atoms with Crippen LogP contribution in [-0.4, -0.2) is 47.4 Å². The Morgan fingerprint density at radius 1 is 0.325 bits per heavy atom. The second kappa shape index (κ2) is 73.1. The molecule has 3 N–H and O–H groups in total. The van der Waals surface area contributed by atoms with Gasteiger partial charge in [-0.1, -0.05) is 411 Å². The minimum absolute atomic E-state index is 0.0252. The van der Waals surface area contributed by atoms with Gasteiger partial charge in [0.15, 0.2) is 0 Å². The van der Waals surface area contributed by atoms with Crippen molar-refractivity contribution in [2.24, 2.45) is 0 Å². The van der Waals surface area contributed by atoms with E-state index in [0.717, 1.165) is 38.5 Å². The van der Waals surface area contributed by atoms with Crippen molar-refractivity contribution < 1.29 is 24.5 Å².